The minimum absolute atomic E-state index is 0.122. The second-order valence-corrected chi connectivity index (χ2v) is 10.4. The van der Waals surface area contributed by atoms with Gasteiger partial charge in [0, 0.05) is 56.7 Å². The predicted octanol–water partition coefficient (Wildman–Crippen LogP) is 5.78. The first kappa shape index (κ1) is 27.0. The molecule has 6 nitrogen and oxygen atoms in total. The van der Waals surface area contributed by atoms with E-state index in [0.29, 0.717) is 25.0 Å². The van der Waals surface area contributed by atoms with Crippen LogP contribution in [-0.2, 0) is 13.1 Å². The van der Waals surface area contributed by atoms with Gasteiger partial charge in [-0.2, -0.15) is 18.2 Å². The molecule has 1 atom stereocenters. The van der Waals surface area contributed by atoms with Crippen LogP contribution in [0.1, 0.15) is 50.8 Å². The molecule has 1 N–H and O–H groups in total. The number of fused-ring (bicyclic) bond motifs is 1. The number of hydrogen-bond donors (Lipinski definition) is 1. The number of halogens is 5. The number of hydrogen-bond acceptors (Lipinski definition) is 5. The van der Waals surface area contributed by atoms with E-state index < -0.39 is 29.6 Å². The number of piperidine rings is 1. The first-order valence-electron chi connectivity index (χ1n) is 12.1. The van der Waals surface area contributed by atoms with Crippen molar-refractivity contribution in [1.29, 1.82) is 0 Å². The fraction of sp³-hybridized carbons (Fsp3) is 0.500. The van der Waals surface area contributed by atoms with Crippen molar-refractivity contribution in [3.05, 3.63) is 64.1 Å². The molecule has 200 valence electrons. The van der Waals surface area contributed by atoms with Gasteiger partial charge in [-0.25, -0.2) is 13.8 Å². The highest BCUT2D eigenvalue weighted by Gasteiger charge is 2.47. The van der Waals surface area contributed by atoms with Crippen LogP contribution in [0.3, 0.4) is 0 Å². The molecule has 1 unspecified atom stereocenters. The molecule has 37 heavy (non-hydrogen) atoms. The Hall–Kier alpha value is -3.08. The number of rotatable bonds is 7. The van der Waals surface area contributed by atoms with E-state index in [4.69, 9.17) is 0 Å². The molecule has 0 bridgehead atoms. The van der Waals surface area contributed by atoms with Crippen molar-refractivity contribution in [2.45, 2.75) is 64.8 Å². The van der Waals surface area contributed by atoms with Gasteiger partial charge >= 0.3 is 6.18 Å². The molecule has 1 aliphatic heterocycles. The third-order valence-electron chi connectivity index (χ3n) is 6.86. The predicted molar refractivity (Wildman–Crippen MR) is 132 cm³/mol. The second-order valence-electron chi connectivity index (χ2n) is 10.4. The maximum Gasteiger partial charge on any atom is 0.395 e. The van der Waals surface area contributed by atoms with E-state index in [1.54, 1.807) is 0 Å². The molecule has 0 saturated carbocycles. The van der Waals surface area contributed by atoms with Crippen LogP contribution in [0, 0.1) is 5.41 Å². The molecule has 3 heterocycles. The number of anilines is 1. The van der Waals surface area contributed by atoms with Gasteiger partial charge in [-0.15, -0.1) is 0 Å². The first-order chi connectivity index (χ1) is 17.2. The molecule has 3 aromatic rings. The third kappa shape index (κ3) is 6.26. The average molecular weight is 524 g/mol. The van der Waals surface area contributed by atoms with Gasteiger partial charge < -0.3 is 5.32 Å². The van der Waals surface area contributed by atoms with E-state index in [1.807, 2.05) is 36.1 Å². The number of nitrogens with zero attached hydrogens (tertiary/aromatic N) is 4. The number of pyridine rings is 1. The van der Waals surface area contributed by atoms with Crippen LogP contribution in [0.5, 0.6) is 0 Å². The van der Waals surface area contributed by atoms with Gasteiger partial charge in [-0.3, -0.25) is 14.3 Å². The molecule has 1 fully saturated rings. The van der Waals surface area contributed by atoms with Crippen molar-refractivity contribution < 1.29 is 22.0 Å². The molecular formula is C26H30F5N5O. The van der Waals surface area contributed by atoms with Crippen molar-refractivity contribution in [2.24, 2.45) is 5.41 Å². The van der Waals surface area contributed by atoms with Gasteiger partial charge in [0.15, 0.2) is 0 Å². The molecular weight excluding hydrogens is 493 g/mol. The summed E-state index contributed by atoms with van der Waals surface area (Å²) in [6.07, 6.45) is -3.28. The topological polar surface area (TPSA) is 63.1 Å². The highest BCUT2D eigenvalue weighted by Crippen LogP contribution is 2.39. The number of nitrogens with one attached hydrogen (secondary N) is 1. The summed E-state index contributed by atoms with van der Waals surface area (Å²) in [7, 11) is 0. The summed E-state index contributed by atoms with van der Waals surface area (Å²) in [5.74, 6) is -2.39. The van der Waals surface area contributed by atoms with Crippen molar-refractivity contribution in [3.8, 4) is 0 Å². The van der Waals surface area contributed by atoms with Crippen LogP contribution in [-0.4, -0.2) is 44.6 Å². The Kier molecular flexibility index (Phi) is 7.29. The normalized spacial score (nSPS) is 17.6. The zero-order chi connectivity index (χ0) is 27.0. The van der Waals surface area contributed by atoms with Crippen molar-refractivity contribution >= 4 is 17.0 Å². The van der Waals surface area contributed by atoms with E-state index in [0.717, 1.165) is 29.5 Å². The Morgan fingerprint density at radius 3 is 2.32 bits per heavy atom. The average Bonchev–Trinajstić information content (AvgIpc) is 2.82. The van der Waals surface area contributed by atoms with Gasteiger partial charge in [-0.05, 0) is 38.0 Å². The van der Waals surface area contributed by atoms with Crippen LogP contribution in [0.25, 0.3) is 11.0 Å². The molecule has 2 aromatic heterocycles. The standard InChI is InChI=1S/C26H30F5N5O/c1-17(19-6-4-18(5-7-19)15-35-12-10-25(27,28)11-13-35)33-23-32-14-20-8-9-21(37)36(22(20)34-23)16-24(2,3)26(29,30)31/h4-9,14,17H,10-13,15-16H2,1-3H3,(H,32,33,34). The number of alkyl halides is 5. The summed E-state index contributed by atoms with van der Waals surface area (Å²) in [5, 5.41) is 3.60. The number of benzene rings is 1. The van der Waals surface area contributed by atoms with Crippen molar-refractivity contribution in [2.75, 3.05) is 18.4 Å². The lowest BCUT2D eigenvalue weighted by molar-refractivity contribution is -0.215. The minimum Gasteiger partial charge on any atom is -0.348 e. The lowest BCUT2D eigenvalue weighted by Gasteiger charge is -2.31. The summed E-state index contributed by atoms with van der Waals surface area (Å²) >= 11 is 0. The van der Waals surface area contributed by atoms with Crippen molar-refractivity contribution in [1.82, 2.24) is 19.4 Å². The number of likely N-dealkylation sites (tertiary alicyclic amines) is 1. The highest BCUT2D eigenvalue weighted by molar-refractivity contribution is 5.75. The molecule has 0 spiro atoms. The minimum atomic E-state index is -4.50. The zero-order valence-electron chi connectivity index (χ0n) is 20.9. The Labute approximate surface area is 211 Å². The van der Waals surface area contributed by atoms with Gasteiger partial charge in [0.25, 0.3) is 11.5 Å². The second kappa shape index (κ2) is 10.00. The van der Waals surface area contributed by atoms with E-state index in [1.165, 1.54) is 18.3 Å². The Morgan fingerprint density at radius 2 is 1.70 bits per heavy atom. The van der Waals surface area contributed by atoms with Gasteiger partial charge in [0.05, 0.1) is 11.5 Å². The Balaban J connectivity index is 1.48. The van der Waals surface area contributed by atoms with E-state index in [-0.39, 0.29) is 30.5 Å². The third-order valence-corrected chi connectivity index (χ3v) is 6.86. The lowest BCUT2D eigenvalue weighted by atomic mass is 9.92. The van der Waals surface area contributed by atoms with E-state index in [2.05, 4.69) is 15.3 Å². The monoisotopic (exact) mass is 523 g/mol. The van der Waals surface area contributed by atoms with Crippen LogP contribution in [0.4, 0.5) is 27.9 Å². The molecule has 4 rings (SSSR count). The highest BCUT2D eigenvalue weighted by atomic mass is 19.4. The molecule has 1 saturated heterocycles. The summed E-state index contributed by atoms with van der Waals surface area (Å²) in [4.78, 5) is 23.1. The molecule has 1 aliphatic rings. The summed E-state index contributed by atoms with van der Waals surface area (Å²) in [6.45, 7) is 4.72. The van der Waals surface area contributed by atoms with Crippen molar-refractivity contribution in [3.63, 3.8) is 0 Å². The van der Waals surface area contributed by atoms with Gasteiger partial charge in [0.2, 0.25) is 5.95 Å². The number of aromatic nitrogens is 3. The maximum atomic E-state index is 13.5. The summed E-state index contributed by atoms with van der Waals surface area (Å²) in [6, 6.07) is 10.2. The summed E-state index contributed by atoms with van der Waals surface area (Å²) in [5.41, 5.74) is -0.651. The van der Waals surface area contributed by atoms with Crippen LogP contribution < -0.4 is 10.9 Å². The van der Waals surface area contributed by atoms with Gasteiger partial charge in [0.1, 0.15) is 5.65 Å². The first-order valence-corrected chi connectivity index (χ1v) is 12.1. The smallest absolute Gasteiger partial charge is 0.348 e. The molecule has 1 aromatic carbocycles. The Bertz CT molecular complexity index is 1290. The quantitative estimate of drug-likeness (QED) is 0.398. The molecule has 0 aliphatic carbocycles. The molecule has 11 heteroatoms. The van der Waals surface area contributed by atoms with Gasteiger partial charge in [-0.1, -0.05) is 24.3 Å². The largest absolute Gasteiger partial charge is 0.395 e. The van der Waals surface area contributed by atoms with Crippen LogP contribution in [0.2, 0.25) is 0 Å². The lowest BCUT2D eigenvalue weighted by Crippen LogP contribution is -2.39. The fourth-order valence-electron chi connectivity index (χ4n) is 4.26. The molecule has 0 amide bonds. The maximum absolute atomic E-state index is 13.5. The van der Waals surface area contributed by atoms with Crippen LogP contribution >= 0.6 is 0 Å². The summed E-state index contributed by atoms with van der Waals surface area (Å²) < 4.78 is 68.3. The van der Waals surface area contributed by atoms with E-state index >= 15 is 0 Å². The van der Waals surface area contributed by atoms with E-state index in [9.17, 15) is 26.7 Å². The molecule has 0 radical (unpaired) electrons. The SMILES string of the molecule is CC(Nc1ncc2ccc(=O)n(CC(C)(C)C(F)(F)F)c2n1)c1ccc(CN2CCC(F)(F)CC2)cc1. The van der Waals surface area contributed by atoms with Crippen LogP contribution in [0.15, 0.2) is 47.4 Å². The Morgan fingerprint density at radius 1 is 1.05 bits per heavy atom. The zero-order valence-corrected chi connectivity index (χ0v) is 20.9. The fourth-order valence-corrected chi connectivity index (χ4v) is 4.26.